The molecule has 3 heteroatoms. The number of hydrogen-bond acceptors (Lipinski definition) is 3. The van der Waals surface area contributed by atoms with E-state index in [0.29, 0.717) is 5.92 Å². The van der Waals surface area contributed by atoms with Crippen molar-refractivity contribution in [3.05, 3.63) is 30.1 Å². The summed E-state index contributed by atoms with van der Waals surface area (Å²) in [5, 5.41) is 10.3. The lowest BCUT2D eigenvalue weighted by Crippen LogP contribution is -2.45. The second kappa shape index (κ2) is 6.49. The van der Waals surface area contributed by atoms with E-state index < -0.39 is 0 Å². The van der Waals surface area contributed by atoms with Gasteiger partial charge in [0.05, 0.1) is 6.10 Å². The fraction of sp³-hybridized carbons (Fsp3) is 0.688. The summed E-state index contributed by atoms with van der Waals surface area (Å²) < 4.78 is 0. The Morgan fingerprint density at radius 2 is 2.21 bits per heavy atom. The highest BCUT2D eigenvalue weighted by molar-refractivity contribution is 5.08. The Kier molecular flexibility index (Phi) is 4.94. The molecule has 0 spiro atoms. The molecular weight excluding hydrogens is 236 g/mol. The average Bonchev–Trinajstić information content (AvgIpc) is 2.40. The molecule has 1 aliphatic carbocycles. The second-order valence-corrected chi connectivity index (χ2v) is 6.23. The molecule has 1 aliphatic rings. The van der Waals surface area contributed by atoms with E-state index in [-0.39, 0.29) is 12.1 Å². The van der Waals surface area contributed by atoms with Crippen LogP contribution in [0.15, 0.2) is 24.5 Å². The lowest BCUT2D eigenvalue weighted by molar-refractivity contribution is 0.00312. The minimum atomic E-state index is -0.184. The minimum Gasteiger partial charge on any atom is -0.391 e. The van der Waals surface area contributed by atoms with E-state index in [0.717, 1.165) is 31.7 Å². The van der Waals surface area contributed by atoms with Crippen LogP contribution >= 0.6 is 0 Å². The summed E-state index contributed by atoms with van der Waals surface area (Å²) >= 11 is 0. The number of aromatic nitrogens is 1. The predicted octanol–water partition coefficient (Wildman–Crippen LogP) is 2.70. The van der Waals surface area contributed by atoms with Gasteiger partial charge in [0.1, 0.15) is 0 Å². The summed E-state index contributed by atoms with van der Waals surface area (Å²) in [6, 6.07) is 4.34. The maximum Gasteiger partial charge on any atom is 0.0695 e. The highest BCUT2D eigenvalue weighted by Crippen LogP contribution is 2.32. The molecule has 0 bridgehead atoms. The maximum atomic E-state index is 10.3. The van der Waals surface area contributed by atoms with Crippen LogP contribution in [0, 0.1) is 11.8 Å². The van der Waals surface area contributed by atoms with Crippen molar-refractivity contribution in [1.82, 2.24) is 9.88 Å². The van der Waals surface area contributed by atoms with Crippen LogP contribution in [-0.2, 0) is 6.54 Å². The van der Waals surface area contributed by atoms with Gasteiger partial charge in [-0.2, -0.15) is 0 Å². The van der Waals surface area contributed by atoms with Crippen LogP contribution in [0.2, 0.25) is 0 Å². The van der Waals surface area contributed by atoms with Gasteiger partial charge in [0.2, 0.25) is 0 Å². The first-order valence-corrected chi connectivity index (χ1v) is 7.35. The maximum absolute atomic E-state index is 10.3. The lowest BCUT2D eigenvalue weighted by Gasteiger charge is -2.40. The topological polar surface area (TPSA) is 36.4 Å². The van der Waals surface area contributed by atoms with Gasteiger partial charge in [-0.05, 0) is 49.8 Å². The molecule has 1 aromatic heterocycles. The zero-order valence-corrected chi connectivity index (χ0v) is 12.3. The summed E-state index contributed by atoms with van der Waals surface area (Å²) in [6.07, 6.45) is 6.73. The van der Waals surface area contributed by atoms with Gasteiger partial charge in [-0.25, -0.2) is 0 Å². The number of aliphatic hydroxyl groups excluding tert-OH is 1. The van der Waals surface area contributed by atoms with Crippen LogP contribution in [0.4, 0.5) is 0 Å². The van der Waals surface area contributed by atoms with Crippen molar-refractivity contribution in [3.8, 4) is 0 Å². The molecule has 3 nitrogen and oxygen atoms in total. The normalized spacial score (nSPS) is 28.0. The molecular formula is C16H26N2O. The van der Waals surface area contributed by atoms with Gasteiger partial charge in [0.25, 0.3) is 0 Å². The summed E-state index contributed by atoms with van der Waals surface area (Å²) in [7, 11) is 2.11. The Hall–Kier alpha value is -0.930. The van der Waals surface area contributed by atoms with Gasteiger partial charge >= 0.3 is 0 Å². The molecule has 1 heterocycles. The summed E-state index contributed by atoms with van der Waals surface area (Å²) in [6.45, 7) is 5.45. The van der Waals surface area contributed by atoms with Crippen molar-refractivity contribution >= 4 is 0 Å². The third kappa shape index (κ3) is 3.77. The van der Waals surface area contributed by atoms with Crippen molar-refractivity contribution < 1.29 is 5.11 Å². The van der Waals surface area contributed by atoms with Crippen LogP contribution in [0.5, 0.6) is 0 Å². The number of rotatable bonds is 4. The van der Waals surface area contributed by atoms with Crippen molar-refractivity contribution in [2.24, 2.45) is 11.8 Å². The van der Waals surface area contributed by atoms with Crippen LogP contribution < -0.4 is 0 Å². The smallest absolute Gasteiger partial charge is 0.0695 e. The van der Waals surface area contributed by atoms with Crippen molar-refractivity contribution in [2.75, 3.05) is 7.05 Å². The van der Waals surface area contributed by atoms with Gasteiger partial charge < -0.3 is 5.11 Å². The molecule has 0 aromatic carbocycles. The Bertz CT molecular complexity index is 380. The van der Waals surface area contributed by atoms with Crippen LogP contribution in [0.3, 0.4) is 0 Å². The van der Waals surface area contributed by atoms with E-state index >= 15 is 0 Å². The standard InChI is InChI=1S/C16H26N2O/c1-12(2)14-6-7-16(19)15(9-14)18(3)11-13-5-4-8-17-10-13/h4-5,8,10,12,14-16,19H,6-7,9,11H2,1-3H3. The van der Waals surface area contributed by atoms with E-state index in [2.05, 4.69) is 36.8 Å². The predicted molar refractivity (Wildman–Crippen MR) is 77.7 cm³/mol. The monoisotopic (exact) mass is 262 g/mol. The second-order valence-electron chi connectivity index (χ2n) is 6.23. The van der Waals surface area contributed by atoms with E-state index in [1.807, 2.05) is 12.3 Å². The molecule has 3 atom stereocenters. The van der Waals surface area contributed by atoms with Gasteiger partial charge in [0.15, 0.2) is 0 Å². The van der Waals surface area contributed by atoms with Crippen molar-refractivity contribution in [1.29, 1.82) is 0 Å². The number of pyridine rings is 1. The summed E-state index contributed by atoms with van der Waals surface area (Å²) in [5.41, 5.74) is 1.21. The molecule has 106 valence electrons. The fourth-order valence-electron chi connectivity index (χ4n) is 3.14. The van der Waals surface area contributed by atoms with E-state index in [1.165, 1.54) is 5.56 Å². The summed E-state index contributed by atoms with van der Waals surface area (Å²) in [4.78, 5) is 6.44. The summed E-state index contributed by atoms with van der Waals surface area (Å²) in [5.74, 6) is 1.45. The van der Waals surface area contributed by atoms with E-state index in [9.17, 15) is 5.11 Å². The number of hydrogen-bond donors (Lipinski definition) is 1. The molecule has 1 fully saturated rings. The zero-order chi connectivity index (χ0) is 13.8. The molecule has 1 N–H and O–H groups in total. The van der Waals surface area contributed by atoms with E-state index in [1.54, 1.807) is 6.20 Å². The molecule has 0 aliphatic heterocycles. The van der Waals surface area contributed by atoms with Gasteiger partial charge in [-0.15, -0.1) is 0 Å². The van der Waals surface area contributed by atoms with Gasteiger partial charge in [-0.3, -0.25) is 9.88 Å². The molecule has 2 rings (SSSR count). The lowest BCUT2D eigenvalue weighted by atomic mass is 9.77. The number of nitrogens with zero attached hydrogens (tertiary/aromatic N) is 2. The minimum absolute atomic E-state index is 0.184. The molecule has 0 saturated heterocycles. The fourth-order valence-corrected chi connectivity index (χ4v) is 3.14. The Morgan fingerprint density at radius 3 is 2.84 bits per heavy atom. The van der Waals surface area contributed by atoms with Gasteiger partial charge in [-0.1, -0.05) is 19.9 Å². The molecule has 1 aromatic rings. The largest absolute Gasteiger partial charge is 0.391 e. The molecule has 19 heavy (non-hydrogen) atoms. The molecule has 0 amide bonds. The Labute approximate surface area is 116 Å². The highest BCUT2D eigenvalue weighted by Gasteiger charge is 2.32. The SMILES string of the molecule is CC(C)C1CCC(O)C(N(C)Cc2cccnc2)C1. The Morgan fingerprint density at radius 1 is 1.42 bits per heavy atom. The number of likely N-dealkylation sites (N-methyl/N-ethyl adjacent to an activating group) is 1. The highest BCUT2D eigenvalue weighted by atomic mass is 16.3. The number of aliphatic hydroxyl groups is 1. The van der Waals surface area contributed by atoms with Crippen molar-refractivity contribution in [3.63, 3.8) is 0 Å². The first-order chi connectivity index (χ1) is 9.08. The average molecular weight is 262 g/mol. The van der Waals surface area contributed by atoms with Crippen LogP contribution in [0.25, 0.3) is 0 Å². The third-order valence-corrected chi connectivity index (χ3v) is 4.49. The Balaban J connectivity index is 1.98. The quantitative estimate of drug-likeness (QED) is 0.906. The van der Waals surface area contributed by atoms with Crippen molar-refractivity contribution in [2.45, 2.75) is 51.8 Å². The first kappa shape index (κ1) is 14.5. The van der Waals surface area contributed by atoms with Crippen LogP contribution in [-0.4, -0.2) is 34.2 Å². The molecule has 3 unspecified atom stereocenters. The first-order valence-electron chi connectivity index (χ1n) is 7.35. The van der Waals surface area contributed by atoms with Crippen LogP contribution in [0.1, 0.15) is 38.7 Å². The molecule has 0 radical (unpaired) electrons. The van der Waals surface area contributed by atoms with E-state index in [4.69, 9.17) is 0 Å². The zero-order valence-electron chi connectivity index (χ0n) is 12.3. The third-order valence-electron chi connectivity index (χ3n) is 4.49. The van der Waals surface area contributed by atoms with Gasteiger partial charge in [0, 0.05) is 25.0 Å². The molecule has 1 saturated carbocycles.